The molecule has 1 heterocycles. The molecule has 0 saturated carbocycles. The van der Waals surface area contributed by atoms with Crippen LogP contribution in [0.25, 0.3) is 0 Å². The van der Waals surface area contributed by atoms with Crippen molar-refractivity contribution in [3.8, 4) is 5.75 Å². The highest BCUT2D eigenvalue weighted by Crippen LogP contribution is 2.26. The molecule has 0 aliphatic rings. The molecular formula is C12H17BrF2N2O. The number of rotatable bonds is 7. The number of alkyl halides is 3. The van der Waals surface area contributed by atoms with Gasteiger partial charge in [-0.2, -0.15) is 0 Å². The van der Waals surface area contributed by atoms with Crippen molar-refractivity contribution in [3.63, 3.8) is 0 Å². The van der Waals surface area contributed by atoms with Gasteiger partial charge in [-0.3, -0.25) is 0 Å². The van der Waals surface area contributed by atoms with E-state index >= 15 is 0 Å². The molecule has 0 aromatic carbocycles. The molecule has 18 heavy (non-hydrogen) atoms. The zero-order valence-electron chi connectivity index (χ0n) is 10.4. The van der Waals surface area contributed by atoms with Gasteiger partial charge in [0.15, 0.2) is 11.6 Å². The lowest BCUT2D eigenvalue weighted by Crippen LogP contribution is -2.32. The van der Waals surface area contributed by atoms with E-state index in [1.165, 1.54) is 4.90 Å². The summed E-state index contributed by atoms with van der Waals surface area (Å²) in [5.74, 6) is 1.00. The van der Waals surface area contributed by atoms with Crippen LogP contribution in [0.4, 0.5) is 14.6 Å². The summed E-state index contributed by atoms with van der Waals surface area (Å²) in [6.45, 7) is 3.88. The Bertz CT molecular complexity index is 364. The lowest BCUT2D eigenvalue weighted by molar-refractivity contribution is 0.154. The predicted molar refractivity (Wildman–Crippen MR) is 72.0 cm³/mol. The van der Waals surface area contributed by atoms with Crippen LogP contribution in [0.3, 0.4) is 0 Å². The molecule has 0 aliphatic carbocycles. The van der Waals surface area contributed by atoms with E-state index in [1.807, 2.05) is 13.8 Å². The normalized spacial score (nSPS) is 11.1. The van der Waals surface area contributed by atoms with Crippen molar-refractivity contribution in [2.24, 2.45) is 0 Å². The average molecular weight is 323 g/mol. The van der Waals surface area contributed by atoms with Gasteiger partial charge in [0.25, 0.3) is 6.43 Å². The van der Waals surface area contributed by atoms with E-state index in [1.54, 1.807) is 18.3 Å². The second-order valence-corrected chi connectivity index (χ2v) is 4.81. The molecule has 3 nitrogen and oxygen atoms in total. The fourth-order valence-corrected chi connectivity index (χ4v) is 1.95. The summed E-state index contributed by atoms with van der Waals surface area (Å²) in [4.78, 5) is 5.68. The fraction of sp³-hybridized carbons (Fsp3) is 0.583. The Labute approximate surface area is 114 Å². The van der Waals surface area contributed by atoms with Gasteiger partial charge < -0.3 is 9.64 Å². The van der Waals surface area contributed by atoms with Crippen LogP contribution in [0.15, 0.2) is 18.3 Å². The first-order valence-electron chi connectivity index (χ1n) is 5.75. The number of aromatic nitrogens is 1. The van der Waals surface area contributed by atoms with E-state index in [9.17, 15) is 8.78 Å². The zero-order chi connectivity index (χ0) is 13.5. The molecule has 1 aromatic heterocycles. The van der Waals surface area contributed by atoms with Crippen molar-refractivity contribution in [2.45, 2.75) is 26.4 Å². The van der Waals surface area contributed by atoms with Crippen LogP contribution in [0.5, 0.6) is 5.75 Å². The summed E-state index contributed by atoms with van der Waals surface area (Å²) in [5.41, 5.74) is 0. The minimum absolute atomic E-state index is 0.0229. The summed E-state index contributed by atoms with van der Waals surface area (Å²) in [5, 5.41) is 0.595. The first kappa shape index (κ1) is 15.1. The van der Waals surface area contributed by atoms with Crippen LogP contribution >= 0.6 is 15.9 Å². The molecule has 0 fully saturated rings. The van der Waals surface area contributed by atoms with Gasteiger partial charge >= 0.3 is 0 Å². The summed E-state index contributed by atoms with van der Waals surface area (Å²) < 4.78 is 30.7. The zero-order valence-corrected chi connectivity index (χ0v) is 12.0. The van der Waals surface area contributed by atoms with Gasteiger partial charge in [0, 0.05) is 18.1 Å². The number of anilines is 1. The maximum absolute atomic E-state index is 12.6. The van der Waals surface area contributed by atoms with Crippen LogP contribution in [0.1, 0.15) is 13.8 Å². The standard InChI is InChI=1S/C12H17BrF2N2O/c1-9(2)18-10-4-3-6-16-12(10)17(7-5-13)8-11(14)15/h3-4,6,9,11H,5,7-8H2,1-2H3. The van der Waals surface area contributed by atoms with E-state index in [4.69, 9.17) is 4.74 Å². The molecule has 1 aromatic rings. The van der Waals surface area contributed by atoms with Crippen molar-refractivity contribution in [3.05, 3.63) is 18.3 Å². The first-order valence-corrected chi connectivity index (χ1v) is 6.87. The van der Waals surface area contributed by atoms with Gasteiger partial charge in [-0.05, 0) is 26.0 Å². The number of nitrogens with zero attached hydrogens (tertiary/aromatic N) is 2. The Kier molecular flexibility index (Phi) is 6.32. The lowest BCUT2D eigenvalue weighted by Gasteiger charge is -2.25. The molecule has 0 spiro atoms. The molecule has 0 atom stereocenters. The van der Waals surface area contributed by atoms with Crippen molar-refractivity contribution in [2.75, 3.05) is 23.3 Å². The Hall–Kier alpha value is -0.910. The third kappa shape index (κ3) is 4.76. The number of hydrogen-bond donors (Lipinski definition) is 0. The largest absolute Gasteiger partial charge is 0.487 e. The fourth-order valence-electron chi connectivity index (χ4n) is 1.52. The minimum Gasteiger partial charge on any atom is -0.487 e. The third-order valence-corrected chi connectivity index (χ3v) is 2.48. The lowest BCUT2D eigenvalue weighted by atomic mass is 10.3. The van der Waals surface area contributed by atoms with E-state index in [0.717, 1.165) is 0 Å². The van der Waals surface area contributed by atoms with Gasteiger partial charge in [0.1, 0.15) is 0 Å². The van der Waals surface area contributed by atoms with Gasteiger partial charge in [-0.15, -0.1) is 0 Å². The second kappa shape index (κ2) is 7.51. The first-order chi connectivity index (χ1) is 8.54. The van der Waals surface area contributed by atoms with Crippen molar-refractivity contribution >= 4 is 21.7 Å². The number of pyridine rings is 1. The van der Waals surface area contributed by atoms with Crippen molar-refractivity contribution in [1.29, 1.82) is 0 Å². The maximum atomic E-state index is 12.6. The van der Waals surface area contributed by atoms with Gasteiger partial charge in [0.2, 0.25) is 0 Å². The topological polar surface area (TPSA) is 25.4 Å². The molecule has 0 bridgehead atoms. The van der Waals surface area contributed by atoms with Crippen molar-refractivity contribution in [1.82, 2.24) is 4.98 Å². The Morgan fingerprint density at radius 3 is 2.72 bits per heavy atom. The number of hydrogen-bond acceptors (Lipinski definition) is 3. The van der Waals surface area contributed by atoms with Crippen LogP contribution in [-0.4, -0.2) is 35.9 Å². The highest BCUT2D eigenvalue weighted by Gasteiger charge is 2.17. The number of halogens is 3. The van der Waals surface area contributed by atoms with Gasteiger partial charge in [-0.25, -0.2) is 13.8 Å². The monoisotopic (exact) mass is 322 g/mol. The van der Waals surface area contributed by atoms with Crippen LogP contribution in [-0.2, 0) is 0 Å². The molecule has 0 radical (unpaired) electrons. The summed E-state index contributed by atoms with van der Waals surface area (Å²) in [7, 11) is 0. The van der Waals surface area contributed by atoms with E-state index in [2.05, 4.69) is 20.9 Å². The summed E-state index contributed by atoms with van der Waals surface area (Å²) in [6, 6.07) is 3.48. The van der Waals surface area contributed by atoms with Crippen LogP contribution in [0, 0.1) is 0 Å². The highest BCUT2D eigenvalue weighted by molar-refractivity contribution is 9.09. The Morgan fingerprint density at radius 1 is 1.44 bits per heavy atom. The second-order valence-electron chi connectivity index (χ2n) is 4.02. The minimum atomic E-state index is -2.40. The molecule has 0 aliphatic heterocycles. The average Bonchev–Trinajstić information content (AvgIpc) is 2.28. The van der Waals surface area contributed by atoms with Gasteiger partial charge in [-0.1, -0.05) is 15.9 Å². The molecule has 1 rings (SSSR count). The smallest absolute Gasteiger partial charge is 0.255 e. The molecular weight excluding hydrogens is 306 g/mol. The Balaban J connectivity index is 2.94. The molecule has 0 saturated heterocycles. The predicted octanol–water partition coefficient (Wildman–Crippen LogP) is 3.34. The van der Waals surface area contributed by atoms with Crippen molar-refractivity contribution < 1.29 is 13.5 Å². The molecule has 102 valence electrons. The summed E-state index contributed by atoms with van der Waals surface area (Å²) >= 11 is 3.26. The SMILES string of the molecule is CC(C)Oc1cccnc1N(CCBr)CC(F)F. The number of ether oxygens (including phenoxy) is 1. The molecule has 0 amide bonds. The van der Waals surface area contributed by atoms with E-state index in [0.29, 0.717) is 23.4 Å². The van der Waals surface area contributed by atoms with E-state index in [-0.39, 0.29) is 12.6 Å². The Morgan fingerprint density at radius 2 is 2.17 bits per heavy atom. The highest BCUT2D eigenvalue weighted by atomic mass is 79.9. The van der Waals surface area contributed by atoms with E-state index < -0.39 is 6.43 Å². The molecule has 0 unspecified atom stereocenters. The molecule has 0 N–H and O–H groups in total. The summed E-state index contributed by atoms with van der Waals surface area (Å²) in [6.07, 6.45) is -0.849. The third-order valence-electron chi connectivity index (χ3n) is 2.13. The quantitative estimate of drug-likeness (QED) is 0.720. The molecule has 6 heteroatoms. The maximum Gasteiger partial charge on any atom is 0.255 e. The van der Waals surface area contributed by atoms with Crippen LogP contribution in [0.2, 0.25) is 0 Å². The van der Waals surface area contributed by atoms with Gasteiger partial charge in [0.05, 0.1) is 12.6 Å². The van der Waals surface area contributed by atoms with Crippen LogP contribution < -0.4 is 9.64 Å².